The largest absolute Gasteiger partial charge is 0.374 e. The molecule has 34 heavy (non-hydrogen) atoms. The number of hydrogen-bond donors (Lipinski definition) is 1. The minimum atomic E-state index is -2.89. The lowest BCUT2D eigenvalue weighted by atomic mass is 10.0. The highest BCUT2D eigenvalue weighted by Gasteiger charge is 2.41. The Balaban J connectivity index is 1.51. The topological polar surface area (TPSA) is 67.6 Å². The zero-order valence-electron chi connectivity index (χ0n) is 18.9. The molecule has 0 aliphatic carbocycles. The van der Waals surface area contributed by atoms with Crippen LogP contribution >= 0.6 is 0 Å². The van der Waals surface area contributed by atoms with E-state index < -0.39 is 23.8 Å². The number of hydrogen-bond acceptors (Lipinski definition) is 6. The van der Waals surface area contributed by atoms with Gasteiger partial charge >= 0.3 is 0 Å². The highest BCUT2D eigenvalue weighted by molar-refractivity contribution is 5.77. The first-order valence-corrected chi connectivity index (χ1v) is 11.6. The van der Waals surface area contributed by atoms with Crippen molar-refractivity contribution in [3.05, 3.63) is 52.5 Å². The van der Waals surface area contributed by atoms with Crippen molar-refractivity contribution in [1.29, 1.82) is 0 Å². The number of anilines is 2. The molecular formula is C24H25F3N6O. The Morgan fingerprint density at radius 1 is 1.24 bits per heavy atom. The molecule has 3 unspecified atom stereocenters. The molecule has 7 nitrogen and oxygen atoms in total. The zero-order chi connectivity index (χ0) is 23.6. The zero-order valence-corrected chi connectivity index (χ0v) is 18.9. The van der Waals surface area contributed by atoms with Crippen molar-refractivity contribution in [2.45, 2.75) is 51.4 Å². The van der Waals surface area contributed by atoms with Gasteiger partial charge in [-0.05, 0) is 26.3 Å². The summed E-state index contributed by atoms with van der Waals surface area (Å²) in [4.78, 5) is 16.3. The summed E-state index contributed by atoms with van der Waals surface area (Å²) in [5.74, 6) is 1.40. The van der Waals surface area contributed by atoms with Crippen molar-refractivity contribution < 1.29 is 17.9 Å². The first-order chi connectivity index (χ1) is 16.4. The van der Waals surface area contributed by atoms with Crippen LogP contribution in [0.5, 0.6) is 0 Å². The third-order valence-corrected chi connectivity index (χ3v) is 6.96. The minimum Gasteiger partial charge on any atom is -0.374 e. The summed E-state index contributed by atoms with van der Waals surface area (Å²) in [5.41, 5.74) is 1.75. The molecule has 1 aromatic rings. The Morgan fingerprint density at radius 3 is 2.79 bits per heavy atom. The number of ether oxygens (including phenoxy) is 1. The van der Waals surface area contributed by atoms with E-state index in [2.05, 4.69) is 25.8 Å². The van der Waals surface area contributed by atoms with Gasteiger partial charge in [-0.1, -0.05) is 18.2 Å². The molecule has 0 aromatic heterocycles. The smallest absolute Gasteiger partial charge is 0.266 e. The van der Waals surface area contributed by atoms with Gasteiger partial charge in [0.15, 0.2) is 5.49 Å². The summed E-state index contributed by atoms with van der Waals surface area (Å²) in [6.07, 6.45) is -1.63. The van der Waals surface area contributed by atoms with E-state index in [0.717, 1.165) is 55.0 Å². The van der Waals surface area contributed by atoms with Crippen LogP contribution in [0.15, 0.2) is 29.3 Å². The number of nitrogens with one attached hydrogen (secondary N) is 1. The molecule has 2 bridgehead atoms. The van der Waals surface area contributed by atoms with Crippen LogP contribution < -0.4 is 15.7 Å². The second-order valence-electron chi connectivity index (χ2n) is 9.14. The summed E-state index contributed by atoms with van der Waals surface area (Å²) in [7, 11) is 0. The highest BCUT2D eigenvalue weighted by Crippen LogP contribution is 2.41. The van der Waals surface area contributed by atoms with Gasteiger partial charge < -0.3 is 19.5 Å². The molecule has 5 aliphatic heterocycles. The Hall–Kier alpha value is -3.14. The number of aryl methyl sites for hydroxylation is 1. The summed E-state index contributed by atoms with van der Waals surface area (Å²) in [6.45, 7) is 6.57. The van der Waals surface area contributed by atoms with Crippen LogP contribution in [-0.2, 0) is 11.3 Å². The first-order valence-electron chi connectivity index (χ1n) is 11.6. The van der Waals surface area contributed by atoms with Gasteiger partial charge in [-0.2, -0.15) is 0 Å². The predicted molar refractivity (Wildman–Crippen MR) is 121 cm³/mol. The van der Waals surface area contributed by atoms with Gasteiger partial charge in [0.2, 0.25) is 0 Å². The van der Waals surface area contributed by atoms with E-state index in [0.29, 0.717) is 24.0 Å². The third-order valence-electron chi connectivity index (χ3n) is 6.96. The molecule has 10 heteroatoms. The third kappa shape index (κ3) is 3.34. The van der Waals surface area contributed by atoms with Crippen molar-refractivity contribution in [2.24, 2.45) is 4.99 Å². The molecule has 5 aliphatic rings. The Kier molecular flexibility index (Phi) is 5.02. The average molecular weight is 470 g/mol. The normalized spacial score (nSPS) is 22.6. The molecular weight excluding hydrogens is 445 g/mol. The van der Waals surface area contributed by atoms with Crippen molar-refractivity contribution in [1.82, 2.24) is 14.5 Å². The van der Waals surface area contributed by atoms with E-state index in [1.54, 1.807) is 13.8 Å². The summed E-state index contributed by atoms with van der Waals surface area (Å²) in [6, 6.07) is 5.71. The van der Waals surface area contributed by atoms with E-state index in [1.165, 1.54) is 12.1 Å². The van der Waals surface area contributed by atoms with E-state index in [4.69, 9.17) is 14.7 Å². The molecule has 0 saturated carbocycles. The van der Waals surface area contributed by atoms with Gasteiger partial charge in [-0.15, -0.1) is 0 Å². The van der Waals surface area contributed by atoms with Crippen molar-refractivity contribution in [2.75, 3.05) is 29.9 Å². The van der Waals surface area contributed by atoms with Crippen LogP contribution in [0.2, 0.25) is 0 Å². The number of aromatic nitrogens is 3. The van der Waals surface area contributed by atoms with Gasteiger partial charge in [-0.25, -0.2) is 23.1 Å². The maximum Gasteiger partial charge on any atom is 0.266 e. The summed E-state index contributed by atoms with van der Waals surface area (Å²) in [5, 5.41) is 3.50. The van der Waals surface area contributed by atoms with Crippen LogP contribution in [0.25, 0.3) is 11.4 Å². The molecule has 1 N–H and O–H groups in total. The molecule has 2 saturated heterocycles. The number of halogens is 3. The number of rotatable bonds is 4. The fraction of sp³-hybridized carbons (Fsp3) is 0.458. The Bertz CT molecular complexity index is 1310. The molecule has 5 heterocycles. The van der Waals surface area contributed by atoms with Crippen LogP contribution in [0.3, 0.4) is 0 Å². The standard InChI is InChI=1S/C24H25F3N6O/c1-12(16-4-3-5-17(20(16)25)21(26)27)29-22-18-9-19(33-10-15-8-14(33)11-34-15)24-28-6-7-32(24)23(18)31-13(2)30-22/h3-5,9,12,14-15,21,28H,6-8,10-11H2,1-2H3. The van der Waals surface area contributed by atoms with Crippen LogP contribution in [0, 0.1) is 12.7 Å². The maximum atomic E-state index is 14.8. The highest BCUT2D eigenvalue weighted by atomic mass is 19.3. The molecule has 6 rings (SSSR count). The average Bonchev–Trinajstić information content (AvgIpc) is 3.56. The van der Waals surface area contributed by atoms with Crippen LogP contribution in [0.4, 0.5) is 24.7 Å². The monoisotopic (exact) mass is 470 g/mol. The molecule has 0 spiro atoms. The van der Waals surface area contributed by atoms with Crippen molar-refractivity contribution in [3.8, 4) is 11.4 Å². The fourth-order valence-electron chi connectivity index (χ4n) is 5.35. The number of nitrogens with zero attached hydrogens (tertiary/aromatic N) is 5. The van der Waals surface area contributed by atoms with Gasteiger partial charge in [-0.3, -0.25) is 4.99 Å². The molecule has 178 valence electrons. The Labute approximate surface area is 194 Å². The van der Waals surface area contributed by atoms with Crippen molar-refractivity contribution in [3.63, 3.8) is 0 Å². The van der Waals surface area contributed by atoms with Crippen molar-refractivity contribution >= 4 is 11.5 Å². The minimum absolute atomic E-state index is 0.118. The second kappa shape index (κ2) is 7.97. The number of benzene rings is 1. The summed E-state index contributed by atoms with van der Waals surface area (Å²) < 4.78 is 49.2. The molecule has 1 aromatic carbocycles. The number of pyridine rings is 1. The van der Waals surface area contributed by atoms with E-state index >= 15 is 0 Å². The van der Waals surface area contributed by atoms with Gasteiger partial charge in [0.05, 0.1) is 41.6 Å². The molecule has 0 amide bonds. The van der Waals surface area contributed by atoms with Crippen LogP contribution in [-0.4, -0.2) is 46.4 Å². The molecule has 2 fully saturated rings. The maximum absolute atomic E-state index is 14.8. The molecule has 0 radical (unpaired) electrons. The number of alkyl halides is 2. The second-order valence-corrected chi connectivity index (χ2v) is 9.14. The fourth-order valence-corrected chi connectivity index (χ4v) is 5.35. The molecule has 3 atom stereocenters. The Morgan fingerprint density at radius 2 is 2.06 bits per heavy atom. The van der Waals surface area contributed by atoms with E-state index in [1.807, 2.05) is 0 Å². The van der Waals surface area contributed by atoms with Gasteiger partial charge in [0.25, 0.3) is 6.43 Å². The van der Waals surface area contributed by atoms with Gasteiger partial charge in [0, 0.05) is 25.2 Å². The van der Waals surface area contributed by atoms with E-state index in [9.17, 15) is 13.2 Å². The predicted octanol–water partition coefficient (Wildman–Crippen LogP) is 3.83. The number of morpholine rings is 1. The summed E-state index contributed by atoms with van der Waals surface area (Å²) >= 11 is 0. The SMILES string of the molecule is Cc1nc2n3c(c(N4CC5CC4CO5)cc-2c(=NC(C)c2cccc(C(F)F)c2F)n1)NCC3. The lowest BCUT2D eigenvalue weighted by Gasteiger charge is -2.31. The first kappa shape index (κ1) is 21.4. The lowest BCUT2D eigenvalue weighted by molar-refractivity contribution is 0.0991. The number of fused-ring (bicyclic) bond motifs is 5. The van der Waals surface area contributed by atoms with Gasteiger partial charge in [0.1, 0.15) is 23.3 Å². The lowest BCUT2D eigenvalue weighted by Crippen LogP contribution is -2.38. The van der Waals surface area contributed by atoms with E-state index in [-0.39, 0.29) is 11.7 Å². The quantitative estimate of drug-likeness (QED) is 0.628. The van der Waals surface area contributed by atoms with Crippen LogP contribution in [0.1, 0.15) is 42.8 Å².